The molecule has 1 aromatic heterocycles. The highest BCUT2D eigenvalue weighted by Gasteiger charge is 2.09. The van der Waals surface area contributed by atoms with Crippen molar-refractivity contribution in [3.05, 3.63) is 24.0 Å². The summed E-state index contributed by atoms with van der Waals surface area (Å²) in [6.07, 6.45) is 3.59. The highest BCUT2D eigenvalue weighted by molar-refractivity contribution is 7.98. The largest absolute Gasteiger partial charge is 0.481 e. The van der Waals surface area contributed by atoms with E-state index in [-0.39, 0.29) is 6.42 Å². The maximum absolute atomic E-state index is 10.7. The third-order valence-electron chi connectivity index (χ3n) is 2.16. The lowest BCUT2D eigenvalue weighted by atomic mass is 10.1. The number of aliphatic carboxylic acids is 1. The van der Waals surface area contributed by atoms with Crippen LogP contribution in [0.3, 0.4) is 0 Å². The van der Waals surface area contributed by atoms with Gasteiger partial charge in [0, 0.05) is 4.90 Å². The Hall–Kier alpha value is -1.49. The summed E-state index contributed by atoms with van der Waals surface area (Å²) in [4.78, 5) is 18.7. The van der Waals surface area contributed by atoms with Crippen molar-refractivity contribution in [2.24, 2.45) is 0 Å². The van der Waals surface area contributed by atoms with Crippen LogP contribution < -0.4 is 0 Å². The molecule has 2 N–H and O–H groups in total. The molecule has 0 amide bonds. The van der Waals surface area contributed by atoms with Gasteiger partial charge < -0.3 is 10.1 Å². The number of nitrogens with zero attached hydrogens (tertiary/aromatic N) is 1. The van der Waals surface area contributed by atoms with Crippen molar-refractivity contribution in [3.8, 4) is 0 Å². The van der Waals surface area contributed by atoms with Gasteiger partial charge in [0.15, 0.2) is 0 Å². The standard InChI is InChI=1S/C10H10N2O2S/c1-15-9-4-8-7(11-5-12-8)2-6(9)3-10(13)14/h2,4-5H,3H2,1H3,(H,11,12)(H,13,14). The Morgan fingerprint density at radius 3 is 3.07 bits per heavy atom. The van der Waals surface area contributed by atoms with Gasteiger partial charge >= 0.3 is 5.97 Å². The van der Waals surface area contributed by atoms with Crippen LogP contribution in [0.2, 0.25) is 0 Å². The fourth-order valence-corrected chi connectivity index (χ4v) is 2.12. The van der Waals surface area contributed by atoms with E-state index in [0.29, 0.717) is 0 Å². The smallest absolute Gasteiger partial charge is 0.307 e. The Morgan fingerprint density at radius 2 is 2.40 bits per heavy atom. The number of H-pyrrole nitrogens is 1. The maximum Gasteiger partial charge on any atom is 0.307 e. The molecule has 5 heteroatoms. The van der Waals surface area contributed by atoms with Crippen molar-refractivity contribution in [3.63, 3.8) is 0 Å². The van der Waals surface area contributed by atoms with Crippen molar-refractivity contribution in [1.29, 1.82) is 0 Å². The van der Waals surface area contributed by atoms with E-state index in [1.165, 1.54) is 11.8 Å². The van der Waals surface area contributed by atoms with Gasteiger partial charge in [-0.2, -0.15) is 0 Å². The summed E-state index contributed by atoms with van der Waals surface area (Å²) in [5.41, 5.74) is 2.57. The van der Waals surface area contributed by atoms with Gasteiger partial charge in [0.2, 0.25) is 0 Å². The van der Waals surface area contributed by atoms with E-state index in [4.69, 9.17) is 5.11 Å². The number of fused-ring (bicyclic) bond motifs is 1. The molecule has 0 atom stereocenters. The summed E-state index contributed by atoms with van der Waals surface area (Å²) >= 11 is 1.54. The van der Waals surface area contributed by atoms with Crippen LogP contribution in [0.1, 0.15) is 5.56 Å². The van der Waals surface area contributed by atoms with E-state index >= 15 is 0 Å². The first-order valence-electron chi connectivity index (χ1n) is 4.42. The van der Waals surface area contributed by atoms with E-state index in [9.17, 15) is 4.79 Å². The van der Waals surface area contributed by atoms with Crippen molar-refractivity contribution >= 4 is 28.8 Å². The number of imidazole rings is 1. The summed E-state index contributed by atoms with van der Waals surface area (Å²) in [6.45, 7) is 0. The first-order chi connectivity index (χ1) is 7.20. The van der Waals surface area contributed by atoms with Crippen LogP contribution in [0.5, 0.6) is 0 Å². The number of nitrogens with one attached hydrogen (secondary N) is 1. The van der Waals surface area contributed by atoms with Crippen LogP contribution in [0, 0.1) is 0 Å². The van der Waals surface area contributed by atoms with Crippen LogP contribution >= 0.6 is 11.8 Å². The molecule has 0 unspecified atom stereocenters. The van der Waals surface area contributed by atoms with Crippen LogP contribution in [-0.4, -0.2) is 27.3 Å². The van der Waals surface area contributed by atoms with Crippen LogP contribution in [-0.2, 0) is 11.2 Å². The molecule has 15 heavy (non-hydrogen) atoms. The van der Waals surface area contributed by atoms with Crippen LogP contribution in [0.15, 0.2) is 23.4 Å². The summed E-state index contributed by atoms with van der Waals surface area (Å²) in [6, 6.07) is 3.76. The molecule has 1 heterocycles. The predicted octanol–water partition coefficient (Wildman–Crippen LogP) is 1.91. The third-order valence-corrected chi connectivity index (χ3v) is 2.98. The number of aromatic amines is 1. The molecule has 2 aromatic rings. The van der Waals surface area contributed by atoms with Gasteiger partial charge in [0.25, 0.3) is 0 Å². The van der Waals surface area contributed by atoms with Crippen molar-refractivity contribution in [1.82, 2.24) is 9.97 Å². The topological polar surface area (TPSA) is 66.0 Å². The number of carboxylic acids is 1. The Morgan fingerprint density at radius 1 is 1.60 bits per heavy atom. The second-order valence-electron chi connectivity index (χ2n) is 3.15. The van der Waals surface area contributed by atoms with Crippen LogP contribution in [0.4, 0.5) is 0 Å². The molecule has 0 aliphatic heterocycles. The summed E-state index contributed by atoms with van der Waals surface area (Å²) < 4.78 is 0. The van der Waals surface area contributed by atoms with Gasteiger partial charge in [-0.1, -0.05) is 0 Å². The summed E-state index contributed by atoms with van der Waals surface area (Å²) in [5, 5.41) is 8.77. The first-order valence-corrected chi connectivity index (χ1v) is 5.65. The molecule has 0 saturated carbocycles. The molecule has 2 rings (SSSR count). The zero-order valence-electron chi connectivity index (χ0n) is 8.15. The van der Waals surface area contributed by atoms with Gasteiger partial charge in [-0.05, 0) is 24.0 Å². The number of benzene rings is 1. The van der Waals surface area contributed by atoms with E-state index in [1.54, 1.807) is 6.33 Å². The van der Waals surface area contributed by atoms with Gasteiger partial charge in [0.05, 0.1) is 23.8 Å². The molecule has 0 radical (unpaired) electrons. The van der Waals surface area contributed by atoms with E-state index in [2.05, 4.69) is 9.97 Å². The highest BCUT2D eigenvalue weighted by atomic mass is 32.2. The van der Waals surface area contributed by atoms with Crippen LogP contribution in [0.25, 0.3) is 11.0 Å². The Bertz CT molecular complexity index is 507. The molecule has 78 valence electrons. The number of rotatable bonds is 3. The lowest BCUT2D eigenvalue weighted by Crippen LogP contribution is -2.01. The number of hydrogen-bond acceptors (Lipinski definition) is 3. The Labute approximate surface area is 90.7 Å². The van der Waals surface area contributed by atoms with E-state index < -0.39 is 5.97 Å². The molecule has 0 fully saturated rings. The van der Waals surface area contributed by atoms with Crippen molar-refractivity contribution in [2.75, 3.05) is 6.26 Å². The van der Waals surface area contributed by atoms with Gasteiger partial charge in [0.1, 0.15) is 0 Å². The van der Waals surface area contributed by atoms with Crippen molar-refractivity contribution in [2.45, 2.75) is 11.3 Å². The summed E-state index contributed by atoms with van der Waals surface area (Å²) in [7, 11) is 0. The number of thioether (sulfide) groups is 1. The molecule has 0 spiro atoms. The molecule has 1 aromatic carbocycles. The molecule has 0 aliphatic rings. The zero-order chi connectivity index (χ0) is 10.8. The van der Waals surface area contributed by atoms with Crippen molar-refractivity contribution < 1.29 is 9.90 Å². The molecular weight excluding hydrogens is 212 g/mol. The SMILES string of the molecule is CSc1cc2nc[nH]c2cc1CC(=O)O. The average molecular weight is 222 g/mol. The van der Waals surface area contributed by atoms with Gasteiger partial charge in [-0.15, -0.1) is 11.8 Å². The zero-order valence-corrected chi connectivity index (χ0v) is 8.97. The summed E-state index contributed by atoms with van der Waals surface area (Å²) in [5.74, 6) is -0.816. The Kier molecular flexibility index (Phi) is 2.64. The average Bonchev–Trinajstić information content (AvgIpc) is 2.62. The number of carbonyl (C=O) groups is 1. The minimum atomic E-state index is -0.816. The lowest BCUT2D eigenvalue weighted by molar-refractivity contribution is -0.136. The number of hydrogen-bond donors (Lipinski definition) is 2. The third kappa shape index (κ3) is 1.97. The van der Waals surface area contributed by atoms with E-state index in [0.717, 1.165) is 21.5 Å². The highest BCUT2D eigenvalue weighted by Crippen LogP contribution is 2.25. The molecule has 0 aliphatic carbocycles. The minimum Gasteiger partial charge on any atom is -0.481 e. The fourth-order valence-electron chi connectivity index (χ4n) is 1.50. The molecule has 0 bridgehead atoms. The molecule has 4 nitrogen and oxygen atoms in total. The number of carboxylic acid groups (broad SMARTS) is 1. The maximum atomic E-state index is 10.7. The minimum absolute atomic E-state index is 0.0468. The van der Waals surface area contributed by atoms with Gasteiger partial charge in [-0.25, -0.2) is 4.98 Å². The lowest BCUT2D eigenvalue weighted by Gasteiger charge is -2.04. The normalized spacial score (nSPS) is 10.7. The number of aromatic nitrogens is 2. The van der Waals surface area contributed by atoms with E-state index in [1.807, 2.05) is 18.4 Å². The van der Waals surface area contributed by atoms with Gasteiger partial charge in [-0.3, -0.25) is 4.79 Å². The Balaban J connectivity index is 2.54. The monoisotopic (exact) mass is 222 g/mol. The quantitative estimate of drug-likeness (QED) is 0.778. The molecule has 0 saturated heterocycles. The second-order valence-corrected chi connectivity index (χ2v) is 4.00. The second kappa shape index (κ2) is 3.94. The molecular formula is C10H10N2O2S. The first kappa shape index (κ1) is 10.0. The fraction of sp³-hybridized carbons (Fsp3) is 0.200. The predicted molar refractivity (Wildman–Crippen MR) is 59.2 cm³/mol.